The summed E-state index contributed by atoms with van der Waals surface area (Å²) in [6, 6.07) is 16.4. The van der Waals surface area contributed by atoms with Crippen LogP contribution in [0.3, 0.4) is 0 Å². The van der Waals surface area contributed by atoms with Crippen LogP contribution in [-0.2, 0) is 0 Å². The van der Waals surface area contributed by atoms with Crippen molar-refractivity contribution in [1.29, 1.82) is 0 Å². The minimum atomic E-state index is -0.211. The Morgan fingerprint density at radius 2 is 1.52 bits per heavy atom. The molecule has 3 rings (SSSR count). The van der Waals surface area contributed by atoms with Gasteiger partial charge in [0, 0.05) is 16.9 Å². The summed E-state index contributed by atoms with van der Waals surface area (Å²) in [5, 5.41) is 7.56. The normalized spacial score (nSPS) is 10.3. The molecule has 25 heavy (non-hydrogen) atoms. The first-order valence-corrected chi connectivity index (χ1v) is 8.74. The van der Waals surface area contributed by atoms with E-state index in [1.807, 2.05) is 37.4 Å². The Morgan fingerprint density at radius 3 is 2.20 bits per heavy atom. The molecule has 0 saturated carbocycles. The topological polar surface area (TPSA) is 58.2 Å². The van der Waals surface area contributed by atoms with Gasteiger partial charge in [0.05, 0.1) is 4.88 Å². The third-order valence-corrected chi connectivity index (χ3v) is 4.48. The van der Waals surface area contributed by atoms with E-state index >= 15 is 0 Å². The number of nitrogens with one attached hydrogen (secondary N) is 2. The largest absolute Gasteiger partial charge is 0.322 e. The summed E-state index contributed by atoms with van der Waals surface area (Å²) < 4.78 is 0. The van der Waals surface area contributed by atoms with Crippen molar-refractivity contribution in [2.45, 2.75) is 13.8 Å². The summed E-state index contributed by atoms with van der Waals surface area (Å²) >= 11 is 1.37. The summed E-state index contributed by atoms with van der Waals surface area (Å²) in [6.07, 6.45) is 0. The van der Waals surface area contributed by atoms with Gasteiger partial charge in [-0.3, -0.25) is 9.59 Å². The number of benzene rings is 2. The van der Waals surface area contributed by atoms with Crippen LogP contribution >= 0.6 is 11.3 Å². The van der Waals surface area contributed by atoms with E-state index in [1.54, 1.807) is 30.3 Å². The van der Waals surface area contributed by atoms with Crippen molar-refractivity contribution in [2.24, 2.45) is 0 Å². The molecule has 0 aliphatic heterocycles. The zero-order valence-corrected chi connectivity index (χ0v) is 14.8. The fraction of sp³-hybridized carbons (Fsp3) is 0.100. The quantitative estimate of drug-likeness (QED) is 0.705. The molecule has 126 valence electrons. The second-order valence-corrected chi connectivity index (χ2v) is 6.79. The van der Waals surface area contributed by atoms with Gasteiger partial charge in [-0.1, -0.05) is 18.2 Å². The van der Waals surface area contributed by atoms with Crippen LogP contribution in [0.15, 0.2) is 60.0 Å². The van der Waals surface area contributed by atoms with Crippen molar-refractivity contribution in [3.8, 4) is 0 Å². The fourth-order valence-corrected chi connectivity index (χ4v) is 3.21. The Kier molecular flexibility index (Phi) is 4.95. The fourth-order valence-electron chi connectivity index (χ4n) is 2.59. The van der Waals surface area contributed by atoms with Gasteiger partial charge in [-0.15, -0.1) is 11.3 Å². The first-order valence-electron chi connectivity index (χ1n) is 7.86. The van der Waals surface area contributed by atoms with Gasteiger partial charge >= 0.3 is 0 Å². The number of thiophene rings is 1. The molecule has 0 spiro atoms. The van der Waals surface area contributed by atoms with E-state index in [0.29, 0.717) is 16.1 Å². The lowest BCUT2D eigenvalue weighted by atomic mass is 10.1. The minimum absolute atomic E-state index is 0.179. The molecule has 0 atom stereocenters. The van der Waals surface area contributed by atoms with Crippen LogP contribution < -0.4 is 10.6 Å². The van der Waals surface area contributed by atoms with Crippen LogP contribution in [-0.4, -0.2) is 11.8 Å². The van der Waals surface area contributed by atoms with E-state index in [4.69, 9.17) is 0 Å². The van der Waals surface area contributed by atoms with Crippen molar-refractivity contribution in [2.75, 3.05) is 10.6 Å². The SMILES string of the molecule is Cc1cc(C)cc(NC(=O)c2cccc(NC(=O)c3cccs3)c2)c1. The molecule has 0 bridgehead atoms. The molecule has 3 aromatic rings. The number of carbonyl (C=O) groups is 2. The molecule has 0 saturated heterocycles. The number of hydrogen-bond donors (Lipinski definition) is 2. The maximum atomic E-state index is 12.5. The van der Waals surface area contributed by atoms with E-state index in [0.717, 1.165) is 16.8 Å². The molecular formula is C20H18N2O2S. The lowest BCUT2D eigenvalue weighted by molar-refractivity contribution is 0.101. The molecule has 5 heteroatoms. The van der Waals surface area contributed by atoms with Gasteiger partial charge in [0.1, 0.15) is 0 Å². The Labute approximate surface area is 150 Å². The molecular weight excluding hydrogens is 332 g/mol. The van der Waals surface area contributed by atoms with Crippen LogP contribution in [0, 0.1) is 13.8 Å². The summed E-state index contributed by atoms with van der Waals surface area (Å²) in [5.41, 5.74) is 4.02. The van der Waals surface area contributed by atoms with E-state index in [9.17, 15) is 9.59 Å². The number of rotatable bonds is 4. The minimum Gasteiger partial charge on any atom is -0.322 e. The number of aryl methyl sites for hydroxylation is 2. The highest BCUT2D eigenvalue weighted by atomic mass is 32.1. The monoisotopic (exact) mass is 350 g/mol. The highest BCUT2D eigenvalue weighted by Gasteiger charge is 2.10. The molecule has 0 fully saturated rings. The van der Waals surface area contributed by atoms with Crippen molar-refractivity contribution in [3.63, 3.8) is 0 Å². The standard InChI is InChI=1S/C20H18N2O2S/c1-13-9-14(2)11-17(10-13)22-19(23)15-5-3-6-16(12-15)21-20(24)18-7-4-8-25-18/h3-12H,1-2H3,(H,21,24)(H,22,23). The average Bonchev–Trinajstić information content (AvgIpc) is 3.08. The van der Waals surface area contributed by atoms with Crippen LogP contribution in [0.2, 0.25) is 0 Å². The zero-order valence-electron chi connectivity index (χ0n) is 14.0. The van der Waals surface area contributed by atoms with Crippen molar-refractivity contribution in [3.05, 3.63) is 81.5 Å². The molecule has 0 unspecified atom stereocenters. The first kappa shape index (κ1) is 16.9. The van der Waals surface area contributed by atoms with E-state index in [2.05, 4.69) is 16.7 Å². The number of carbonyl (C=O) groups excluding carboxylic acids is 2. The summed E-state index contributed by atoms with van der Waals surface area (Å²) in [7, 11) is 0. The highest BCUT2D eigenvalue weighted by molar-refractivity contribution is 7.12. The second-order valence-electron chi connectivity index (χ2n) is 5.84. The van der Waals surface area contributed by atoms with Gasteiger partial charge in [0.25, 0.3) is 11.8 Å². The Balaban J connectivity index is 1.74. The molecule has 2 N–H and O–H groups in total. The van der Waals surface area contributed by atoms with Crippen LogP contribution in [0.4, 0.5) is 11.4 Å². The number of hydrogen-bond acceptors (Lipinski definition) is 3. The lowest BCUT2D eigenvalue weighted by Gasteiger charge is -2.09. The Hall–Kier alpha value is -2.92. The van der Waals surface area contributed by atoms with Gasteiger partial charge in [0.2, 0.25) is 0 Å². The average molecular weight is 350 g/mol. The third-order valence-electron chi connectivity index (χ3n) is 3.61. The van der Waals surface area contributed by atoms with E-state index in [-0.39, 0.29) is 11.8 Å². The lowest BCUT2D eigenvalue weighted by Crippen LogP contribution is -2.14. The van der Waals surface area contributed by atoms with Gasteiger partial charge in [-0.2, -0.15) is 0 Å². The van der Waals surface area contributed by atoms with Crippen LogP contribution in [0.25, 0.3) is 0 Å². The summed E-state index contributed by atoms with van der Waals surface area (Å²) in [6.45, 7) is 3.98. The molecule has 1 aromatic heterocycles. The number of amides is 2. The maximum Gasteiger partial charge on any atom is 0.265 e. The smallest absolute Gasteiger partial charge is 0.265 e. The van der Waals surface area contributed by atoms with E-state index < -0.39 is 0 Å². The van der Waals surface area contributed by atoms with Crippen LogP contribution in [0.5, 0.6) is 0 Å². The third kappa shape index (κ3) is 4.33. The molecule has 1 heterocycles. The predicted molar refractivity (Wildman–Crippen MR) is 103 cm³/mol. The second kappa shape index (κ2) is 7.32. The molecule has 0 aliphatic carbocycles. The summed E-state index contributed by atoms with van der Waals surface area (Å²) in [5.74, 6) is -0.390. The van der Waals surface area contributed by atoms with Crippen molar-refractivity contribution < 1.29 is 9.59 Å². The highest BCUT2D eigenvalue weighted by Crippen LogP contribution is 2.18. The molecule has 0 aliphatic rings. The Morgan fingerprint density at radius 1 is 0.800 bits per heavy atom. The molecule has 2 aromatic carbocycles. The Bertz CT molecular complexity index is 897. The van der Waals surface area contributed by atoms with Gasteiger partial charge < -0.3 is 10.6 Å². The van der Waals surface area contributed by atoms with Gasteiger partial charge in [-0.25, -0.2) is 0 Å². The molecule has 0 radical (unpaired) electrons. The summed E-state index contributed by atoms with van der Waals surface area (Å²) in [4.78, 5) is 25.2. The molecule has 4 nitrogen and oxygen atoms in total. The van der Waals surface area contributed by atoms with Crippen LogP contribution in [0.1, 0.15) is 31.2 Å². The van der Waals surface area contributed by atoms with E-state index in [1.165, 1.54) is 11.3 Å². The number of anilines is 2. The van der Waals surface area contributed by atoms with Crippen molar-refractivity contribution in [1.82, 2.24) is 0 Å². The van der Waals surface area contributed by atoms with Crippen molar-refractivity contribution >= 4 is 34.5 Å². The van der Waals surface area contributed by atoms with Gasteiger partial charge in [0.15, 0.2) is 0 Å². The molecule has 2 amide bonds. The predicted octanol–water partition coefficient (Wildman–Crippen LogP) is 4.87. The zero-order chi connectivity index (χ0) is 17.8. The first-order chi connectivity index (χ1) is 12.0. The maximum absolute atomic E-state index is 12.5. The van der Waals surface area contributed by atoms with Gasteiger partial charge in [-0.05, 0) is 66.8 Å².